The molecule has 1 heterocycles. The van der Waals surface area contributed by atoms with Crippen LogP contribution in [0.4, 0.5) is 4.39 Å². The van der Waals surface area contributed by atoms with Crippen molar-refractivity contribution in [2.45, 2.75) is 0 Å². The van der Waals surface area contributed by atoms with Crippen molar-refractivity contribution in [3.8, 4) is 0 Å². The fourth-order valence-electron chi connectivity index (χ4n) is 2.12. The van der Waals surface area contributed by atoms with Crippen molar-refractivity contribution in [3.63, 3.8) is 0 Å². The second kappa shape index (κ2) is 6.08. The van der Waals surface area contributed by atoms with Gasteiger partial charge in [0.2, 0.25) is 0 Å². The van der Waals surface area contributed by atoms with Crippen LogP contribution in [0.5, 0.6) is 0 Å². The Morgan fingerprint density at radius 3 is 2.77 bits per heavy atom. The zero-order valence-electron chi connectivity index (χ0n) is 11.5. The quantitative estimate of drug-likeness (QED) is 0.507. The molecule has 108 valence electrons. The van der Waals surface area contributed by atoms with Crippen LogP contribution in [0.25, 0.3) is 16.8 Å². The molecule has 0 N–H and O–H groups in total. The van der Waals surface area contributed by atoms with Gasteiger partial charge in [-0.25, -0.2) is 4.39 Å². The third-order valence-corrected chi connectivity index (χ3v) is 3.59. The van der Waals surface area contributed by atoms with Crippen LogP contribution in [0, 0.1) is 5.82 Å². The summed E-state index contributed by atoms with van der Waals surface area (Å²) in [6, 6.07) is 11.7. The molecular formula is C18H11ClFNO. The van der Waals surface area contributed by atoms with Crippen molar-refractivity contribution in [3.05, 3.63) is 82.9 Å². The van der Waals surface area contributed by atoms with Crippen molar-refractivity contribution in [1.82, 2.24) is 4.98 Å². The number of rotatable bonds is 3. The number of nitrogens with zero attached hydrogens (tertiary/aromatic N) is 1. The standard InChI is InChI=1S/C18H11ClFNO/c19-16-10-14(4-5-17(16)20)18(22)6-2-12-1-3-15-11-21-8-7-13(15)9-12/h1-11H/b6-2+. The van der Waals surface area contributed by atoms with Crippen molar-refractivity contribution in [2.75, 3.05) is 0 Å². The molecule has 0 amide bonds. The highest BCUT2D eigenvalue weighted by atomic mass is 35.5. The lowest BCUT2D eigenvalue weighted by atomic mass is 10.1. The average Bonchev–Trinajstić information content (AvgIpc) is 2.55. The molecule has 0 fully saturated rings. The molecule has 0 radical (unpaired) electrons. The van der Waals surface area contributed by atoms with Gasteiger partial charge in [0.15, 0.2) is 5.78 Å². The monoisotopic (exact) mass is 311 g/mol. The van der Waals surface area contributed by atoms with E-state index in [1.807, 2.05) is 24.3 Å². The van der Waals surface area contributed by atoms with Crippen molar-refractivity contribution < 1.29 is 9.18 Å². The van der Waals surface area contributed by atoms with Gasteiger partial charge in [0.25, 0.3) is 0 Å². The van der Waals surface area contributed by atoms with Crippen LogP contribution in [0.2, 0.25) is 5.02 Å². The third-order valence-electron chi connectivity index (χ3n) is 3.30. The molecule has 4 heteroatoms. The molecule has 3 aromatic rings. The Balaban J connectivity index is 1.85. The van der Waals surface area contributed by atoms with E-state index in [1.54, 1.807) is 18.5 Å². The minimum atomic E-state index is -0.537. The molecule has 0 aliphatic carbocycles. The lowest BCUT2D eigenvalue weighted by Crippen LogP contribution is -1.94. The number of pyridine rings is 1. The van der Waals surface area contributed by atoms with Crippen LogP contribution in [-0.2, 0) is 0 Å². The Morgan fingerprint density at radius 1 is 1.09 bits per heavy atom. The molecule has 0 unspecified atom stereocenters. The fraction of sp³-hybridized carbons (Fsp3) is 0. The van der Waals surface area contributed by atoms with E-state index in [-0.39, 0.29) is 10.8 Å². The summed E-state index contributed by atoms with van der Waals surface area (Å²) in [7, 11) is 0. The van der Waals surface area contributed by atoms with Gasteiger partial charge in [0.05, 0.1) is 5.02 Å². The Bertz CT molecular complexity index is 889. The number of halogens is 2. The number of carbonyl (C=O) groups excluding carboxylic acids is 1. The summed E-state index contributed by atoms with van der Waals surface area (Å²) in [5, 5.41) is 2.03. The molecule has 0 aliphatic heterocycles. The van der Waals surface area contributed by atoms with Gasteiger partial charge in [-0.05, 0) is 47.4 Å². The number of hydrogen-bond acceptors (Lipinski definition) is 2. The number of fused-ring (bicyclic) bond motifs is 1. The van der Waals surface area contributed by atoms with Crippen LogP contribution in [0.15, 0.2) is 60.9 Å². The summed E-state index contributed by atoms with van der Waals surface area (Å²) in [5.74, 6) is -0.762. The van der Waals surface area contributed by atoms with Crippen LogP contribution in [0.3, 0.4) is 0 Å². The van der Waals surface area contributed by atoms with Crippen molar-refractivity contribution >= 4 is 34.2 Å². The Morgan fingerprint density at radius 2 is 1.95 bits per heavy atom. The predicted octanol–water partition coefficient (Wildman–Crippen LogP) is 4.92. The van der Waals surface area contributed by atoms with E-state index in [9.17, 15) is 9.18 Å². The molecule has 0 spiro atoms. The molecule has 0 bridgehead atoms. The first-order chi connectivity index (χ1) is 10.6. The summed E-state index contributed by atoms with van der Waals surface area (Å²) in [4.78, 5) is 16.1. The van der Waals surface area contributed by atoms with E-state index in [2.05, 4.69) is 4.98 Å². The third kappa shape index (κ3) is 3.05. The van der Waals surface area contributed by atoms with Crippen LogP contribution in [-0.4, -0.2) is 10.8 Å². The molecule has 3 rings (SSSR count). The largest absolute Gasteiger partial charge is 0.289 e. The minimum Gasteiger partial charge on any atom is -0.289 e. The van der Waals surface area contributed by atoms with E-state index in [0.29, 0.717) is 5.56 Å². The summed E-state index contributed by atoms with van der Waals surface area (Å²) >= 11 is 5.68. The van der Waals surface area contributed by atoms with Gasteiger partial charge in [-0.2, -0.15) is 0 Å². The highest BCUT2D eigenvalue weighted by Gasteiger charge is 2.06. The first-order valence-electron chi connectivity index (χ1n) is 6.65. The molecule has 2 aromatic carbocycles. The maximum atomic E-state index is 13.1. The zero-order valence-corrected chi connectivity index (χ0v) is 12.2. The number of aromatic nitrogens is 1. The second-order valence-electron chi connectivity index (χ2n) is 4.81. The SMILES string of the molecule is O=C(/C=C/c1ccc2cnccc2c1)c1ccc(F)c(Cl)c1. The molecule has 0 saturated carbocycles. The molecule has 2 nitrogen and oxygen atoms in total. The van der Waals surface area contributed by atoms with Gasteiger partial charge in [0, 0.05) is 23.3 Å². The zero-order chi connectivity index (χ0) is 15.5. The molecule has 1 aromatic heterocycles. The predicted molar refractivity (Wildman–Crippen MR) is 86.5 cm³/mol. The van der Waals surface area contributed by atoms with E-state index < -0.39 is 5.82 Å². The fourth-order valence-corrected chi connectivity index (χ4v) is 2.30. The normalized spacial score (nSPS) is 11.2. The van der Waals surface area contributed by atoms with E-state index in [1.165, 1.54) is 24.3 Å². The van der Waals surface area contributed by atoms with E-state index >= 15 is 0 Å². The summed E-state index contributed by atoms with van der Waals surface area (Å²) in [6.07, 6.45) is 6.68. The minimum absolute atomic E-state index is 0.0579. The van der Waals surface area contributed by atoms with Gasteiger partial charge in [-0.3, -0.25) is 9.78 Å². The highest BCUT2D eigenvalue weighted by Crippen LogP contribution is 2.18. The molecular weight excluding hydrogens is 301 g/mol. The Hall–Kier alpha value is -2.52. The number of carbonyl (C=O) groups is 1. The van der Waals surface area contributed by atoms with Crippen LogP contribution < -0.4 is 0 Å². The molecule has 0 saturated heterocycles. The number of hydrogen-bond donors (Lipinski definition) is 0. The van der Waals surface area contributed by atoms with Crippen LogP contribution >= 0.6 is 11.6 Å². The Kier molecular flexibility index (Phi) is 3.98. The maximum Gasteiger partial charge on any atom is 0.185 e. The summed E-state index contributed by atoms with van der Waals surface area (Å²) in [5.41, 5.74) is 1.26. The van der Waals surface area contributed by atoms with Crippen molar-refractivity contribution in [2.24, 2.45) is 0 Å². The number of benzene rings is 2. The lowest BCUT2D eigenvalue weighted by molar-refractivity contribution is 0.104. The topological polar surface area (TPSA) is 30.0 Å². The number of allylic oxidation sites excluding steroid dienone is 1. The molecule has 0 aliphatic rings. The van der Waals surface area contributed by atoms with Gasteiger partial charge in [-0.1, -0.05) is 29.8 Å². The average molecular weight is 312 g/mol. The van der Waals surface area contributed by atoms with Gasteiger partial charge >= 0.3 is 0 Å². The first kappa shape index (κ1) is 14.4. The summed E-state index contributed by atoms with van der Waals surface area (Å²) < 4.78 is 13.1. The Labute approximate surface area is 131 Å². The number of ketones is 1. The summed E-state index contributed by atoms with van der Waals surface area (Å²) in [6.45, 7) is 0. The van der Waals surface area contributed by atoms with Crippen LogP contribution in [0.1, 0.15) is 15.9 Å². The first-order valence-corrected chi connectivity index (χ1v) is 7.02. The molecule has 0 atom stereocenters. The molecule has 22 heavy (non-hydrogen) atoms. The van der Waals surface area contributed by atoms with Gasteiger partial charge < -0.3 is 0 Å². The van der Waals surface area contributed by atoms with E-state index in [4.69, 9.17) is 11.6 Å². The van der Waals surface area contributed by atoms with E-state index in [0.717, 1.165) is 16.3 Å². The second-order valence-corrected chi connectivity index (χ2v) is 5.22. The smallest absolute Gasteiger partial charge is 0.185 e. The lowest BCUT2D eigenvalue weighted by Gasteiger charge is -2.00. The highest BCUT2D eigenvalue weighted by molar-refractivity contribution is 6.31. The maximum absolute atomic E-state index is 13.1. The van der Waals surface area contributed by atoms with Gasteiger partial charge in [0.1, 0.15) is 5.82 Å². The van der Waals surface area contributed by atoms with Gasteiger partial charge in [-0.15, -0.1) is 0 Å². The van der Waals surface area contributed by atoms with Crippen molar-refractivity contribution in [1.29, 1.82) is 0 Å².